The standard InChI is InChI=1S/2C32H33N2O.2C31H33N2O/c1-20(2)28-17-16-27-26-15-9-21(3)30(31(26)35-32(27)33-28)29-18-14-25(19-34(29)4)24-12-10-23(11-13-24)22-7-5-6-8-22;1-20(2)28-16-15-27-26-14-9-21(3)30(31(26)35-32(27)33-28)29-19-25(17-18-34(29)4)24-12-10-23(11-13-24)22-7-5-6-8-22;1-19(2)17-22-8-10-23(11-9-22)24-15-16-33(6)28(18-24)29-21(5)7-12-25-26-13-14-27(20(3)4)32-31(26)34-30(25)29;1-19(2)18-22-10-12-23(13-11-22)24-8-7-17-33(6)29(24)28-21(5)9-14-25-26-15-16-27(20(3)4)32-31(26)34-30(25)28/h2*9-20,22H,5-8H2,1-4H3;7-16,18-20H,17H2,1-6H3;7-17,19-20H,18H2,1-6H3/q4*+1. The molecule has 0 bridgehead atoms. The molecular formula is C126H132N8O4+4. The van der Waals surface area contributed by atoms with Crippen molar-refractivity contribution in [1.29, 1.82) is 0 Å². The van der Waals surface area contributed by atoms with Crippen molar-refractivity contribution in [2.75, 3.05) is 0 Å². The highest BCUT2D eigenvalue weighted by Crippen LogP contribution is 2.46. The second-order valence-electron chi connectivity index (χ2n) is 41.3. The van der Waals surface area contributed by atoms with Gasteiger partial charge in [0, 0.05) is 108 Å². The van der Waals surface area contributed by atoms with Crippen LogP contribution >= 0.6 is 0 Å². The van der Waals surface area contributed by atoms with Crippen molar-refractivity contribution in [2.45, 2.75) is 210 Å². The number of fused-ring (bicyclic) bond motifs is 12. The molecule has 0 spiro atoms. The quantitative estimate of drug-likeness (QED) is 0.0779. The lowest BCUT2D eigenvalue weighted by Crippen LogP contribution is -2.31. The number of hydrogen-bond acceptors (Lipinski definition) is 8. The van der Waals surface area contributed by atoms with E-state index in [4.69, 9.17) is 37.6 Å². The Hall–Kier alpha value is -13.8. The minimum Gasteiger partial charge on any atom is -0.437 e. The predicted octanol–water partition coefficient (Wildman–Crippen LogP) is 32.0. The molecule has 12 nitrogen and oxygen atoms in total. The van der Waals surface area contributed by atoms with Crippen LogP contribution in [0.4, 0.5) is 0 Å². The van der Waals surface area contributed by atoms with Gasteiger partial charge in [0.15, 0.2) is 47.1 Å². The van der Waals surface area contributed by atoms with Crippen LogP contribution in [0.25, 0.3) is 178 Å². The molecule has 0 aliphatic heterocycles. The zero-order valence-corrected chi connectivity index (χ0v) is 84.3. The van der Waals surface area contributed by atoms with Crippen LogP contribution in [0, 0.1) is 39.5 Å². The Kier molecular flexibility index (Phi) is 26.6. The summed E-state index contributed by atoms with van der Waals surface area (Å²) in [6.45, 7) is 35.0. The van der Waals surface area contributed by atoms with Crippen molar-refractivity contribution in [3.8, 4) is 89.5 Å². The van der Waals surface area contributed by atoms with Crippen LogP contribution < -0.4 is 18.3 Å². The topological polar surface area (TPSA) is 120 Å². The Balaban J connectivity index is 0.000000118. The Morgan fingerprint density at radius 3 is 0.942 bits per heavy atom. The molecule has 0 amide bonds. The molecule has 0 N–H and O–H groups in total. The van der Waals surface area contributed by atoms with E-state index in [9.17, 15) is 0 Å². The number of hydrogen-bond donors (Lipinski definition) is 0. The average Bonchev–Trinajstić information content (AvgIpc) is 1.54. The number of rotatable bonds is 18. The third-order valence-electron chi connectivity index (χ3n) is 28.9. The van der Waals surface area contributed by atoms with Crippen molar-refractivity contribution in [2.24, 2.45) is 40.0 Å². The number of nitrogens with zero attached hydrogens (tertiary/aromatic N) is 8. The molecule has 20 aromatic rings. The van der Waals surface area contributed by atoms with Gasteiger partial charge in [-0.25, -0.2) is 38.2 Å². The van der Waals surface area contributed by atoms with Gasteiger partial charge in [-0.1, -0.05) is 254 Å². The van der Waals surface area contributed by atoms with E-state index in [0.717, 1.165) is 169 Å². The maximum Gasteiger partial charge on any atom is 0.227 e. The first kappa shape index (κ1) is 93.2. The molecule has 12 heteroatoms. The Bertz CT molecular complexity index is 7920. The lowest BCUT2D eigenvalue weighted by Gasteiger charge is -2.11. The average molecular weight is 1820 g/mol. The number of pyridine rings is 8. The van der Waals surface area contributed by atoms with Gasteiger partial charge in [0.2, 0.25) is 45.6 Å². The van der Waals surface area contributed by atoms with Gasteiger partial charge < -0.3 is 17.7 Å². The van der Waals surface area contributed by atoms with Crippen LogP contribution in [0.1, 0.15) is 237 Å². The molecule has 2 saturated carbocycles. The van der Waals surface area contributed by atoms with E-state index < -0.39 is 0 Å². The summed E-state index contributed by atoms with van der Waals surface area (Å²) in [5.41, 5.74) is 40.2. The first-order chi connectivity index (χ1) is 66.6. The summed E-state index contributed by atoms with van der Waals surface area (Å²) in [5.74, 6) is 4.25. The zero-order valence-electron chi connectivity index (χ0n) is 84.3. The maximum absolute atomic E-state index is 6.49. The first-order valence-corrected chi connectivity index (χ1v) is 50.3. The summed E-state index contributed by atoms with van der Waals surface area (Å²) < 4.78 is 34.6. The van der Waals surface area contributed by atoms with Crippen LogP contribution in [-0.2, 0) is 41.0 Å². The fourth-order valence-electron chi connectivity index (χ4n) is 21.1. The van der Waals surface area contributed by atoms with Gasteiger partial charge in [-0.15, -0.1) is 0 Å². The SMILES string of the molecule is Cc1ccc2c(oc3nc(C(C)C)ccc32)c1-c1c(-c2ccc(CC(C)C)cc2)ccc[n+]1C.Cc1ccc2c(oc3nc(C(C)C)ccc32)c1-c1cc(-c2ccc(C3CCCC3)cc2)cc[n+]1C.Cc1ccc2c(oc3nc(C(C)C)ccc32)c1-c1cc(-c2ccc(CC(C)C)cc2)cc[n+]1C.Cc1ccc2c(oc3nc(C(C)C)ccc32)c1-c1ccc(-c2ccc(C3CCCC3)cc2)c[n+]1C. The summed E-state index contributed by atoms with van der Waals surface area (Å²) in [7, 11) is 8.45. The number of aryl methyl sites for hydroxylation is 8. The summed E-state index contributed by atoms with van der Waals surface area (Å²) in [4.78, 5) is 19.3. The van der Waals surface area contributed by atoms with Crippen molar-refractivity contribution in [3.05, 3.63) is 335 Å². The summed E-state index contributed by atoms with van der Waals surface area (Å²) in [6, 6.07) is 88.8. The lowest BCUT2D eigenvalue weighted by atomic mass is 9.93. The third-order valence-corrected chi connectivity index (χ3v) is 28.9. The summed E-state index contributed by atoms with van der Waals surface area (Å²) >= 11 is 0. The van der Waals surface area contributed by atoms with Crippen LogP contribution in [0.2, 0.25) is 0 Å². The van der Waals surface area contributed by atoms with Crippen LogP contribution in [0.3, 0.4) is 0 Å². The van der Waals surface area contributed by atoms with Gasteiger partial charge in [0.05, 0.1) is 27.8 Å². The monoisotopic (exact) mass is 1820 g/mol. The number of aromatic nitrogens is 8. The highest BCUT2D eigenvalue weighted by Gasteiger charge is 2.31. The third kappa shape index (κ3) is 18.8. The Morgan fingerprint density at radius 2 is 0.594 bits per heavy atom. The van der Waals surface area contributed by atoms with E-state index in [1.807, 2.05) is 0 Å². The van der Waals surface area contributed by atoms with E-state index in [1.165, 1.54) is 140 Å². The van der Waals surface area contributed by atoms with E-state index in [1.54, 1.807) is 0 Å². The van der Waals surface area contributed by atoms with E-state index in [0.29, 0.717) is 46.9 Å². The molecule has 2 fully saturated rings. The molecule has 2 aliphatic carbocycles. The van der Waals surface area contributed by atoms with Crippen molar-refractivity contribution >= 4 is 88.3 Å². The molecule has 138 heavy (non-hydrogen) atoms. The fourth-order valence-corrected chi connectivity index (χ4v) is 21.1. The van der Waals surface area contributed by atoms with Crippen molar-refractivity contribution < 1.29 is 35.9 Å². The van der Waals surface area contributed by atoms with Crippen molar-refractivity contribution in [3.63, 3.8) is 0 Å². The fraction of sp³-hybridized carbons (Fsp3) is 0.302. The van der Waals surface area contributed by atoms with Gasteiger partial charge in [-0.2, -0.15) is 0 Å². The van der Waals surface area contributed by atoms with Crippen LogP contribution in [0.5, 0.6) is 0 Å². The molecule has 696 valence electrons. The minimum atomic E-state index is 0.357. The van der Waals surface area contributed by atoms with Crippen LogP contribution in [-0.4, -0.2) is 19.9 Å². The van der Waals surface area contributed by atoms with Gasteiger partial charge >= 0.3 is 0 Å². The molecule has 0 unspecified atom stereocenters. The maximum atomic E-state index is 6.49. The van der Waals surface area contributed by atoms with Gasteiger partial charge in [-0.05, 0) is 252 Å². The molecule has 12 aromatic heterocycles. The van der Waals surface area contributed by atoms with E-state index in [-0.39, 0.29) is 0 Å². The second kappa shape index (κ2) is 39.3. The molecule has 0 radical (unpaired) electrons. The first-order valence-electron chi connectivity index (χ1n) is 50.3. The van der Waals surface area contributed by atoms with E-state index in [2.05, 4.69) is 425 Å². The van der Waals surface area contributed by atoms with Crippen molar-refractivity contribution in [1.82, 2.24) is 19.9 Å². The molecule has 2 aliphatic rings. The van der Waals surface area contributed by atoms with Gasteiger partial charge in [-0.3, -0.25) is 0 Å². The minimum absolute atomic E-state index is 0.357. The number of furan rings is 4. The molecular weight excluding hydrogens is 1690 g/mol. The molecule has 0 saturated heterocycles. The largest absolute Gasteiger partial charge is 0.437 e. The van der Waals surface area contributed by atoms with Gasteiger partial charge in [0.1, 0.15) is 28.2 Å². The van der Waals surface area contributed by atoms with E-state index >= 15 is 0 Å². The smallest absolute Gasteiger partial charge is 0.227 e. The normalized spacial score (nSPS) is 13.2. The highest BCUT2D eigenvalue weighted by molar-refractivity contribution is 6.13. The highest BCUT2D eigenvalue weighted by atomic mass is 16.4. The van der Waals surface area contributed by atoms with Gasteiger partial charge in [0.25, 0.3) is 0 Å². The molecule has 12 heterocycles. The summed E-state index contributed by atoms with van der Waals surface area (Å²) in [5, 5.41) is 8.75. The predicted molar refractivity (Wildman–Crippen MR) is 569 cm³/mol. The summed E-state index contributed by atoms with van der Waals surface area (Å²) in [6.07, 6.45) is 21.7. The Morgan fingerprint density at radius 1 is 0.283 bits per heavy atom. The van der Waals surface area contributed by atoms with Crippen LogP contribution in [0.15, 0.2) is 285 Å². The molecule has 22 rings (SSSR count). The number of benzene rings is 8. The Labute approximate surface area is 813 Å². The molecule has 0 atom stereocenters. The lowest BCUT2D eigenvalue weighted by molar-refractivity contribution is -0.660. The molecule has 8 aromatic carbocycles. The second-order valence-corrected chi connectivity index (χ2v) is 41.3. The zero-order chi connectivity index (χ0) is 96.2.